The van der Waals surface area contributed by atoms with Crippen molar-refractivity contribution in [2.24, 2.45) is 0 Å². The summed E-state index contributed by atoms with van der Waals surface area (Å²) in [4.78, 5) is 4.02. The standard InChI is InChI=1S/C14H16F2N2/c1-2-7-18-13(14(15)16)11-5-3-4-10-6-8-17-9-12(10)11/h3-6,8-9,13-14,18H,2,7H2,1H3. The number of hydrogen-bond donors (Lipinski definition) is 1. The minimum atomic E-state index is -2.43. The fourth-order valence-electron chi connectivity index (χ4n) is 2.04. The Hall–Kier alpha value is -1.55. The predicted octanol–water partition coefficient (Wildman–Crippen LogP) is 3.54. The van der Waals surface area contributed by atoms with Crippen LogP contribution in [0.15, 0.2) is 36.7 Å². The van der Waals surface area contributed by atoms with Crippen LogP contribution in [0.3, 0.4) is 0 Å². The third-order valence-corrected chi connectivity index (χ3v) is 2.92. The maximum Gasteiger partial charge on any atom is 0.257 e. The van der Waals surface area contributed by atoms with Gasteiger partial charge in [0, 0.05) is 17.8 Å². The molecular formula is C14H16F2N2. The Kier molecular flexibility index (Phi) is 4.20. The van der Waals surface area contributed by atoms with Crippen molar-refractivity contribution in [3.05, 3.63) is 42.2 Å². The summed E-state index contributed by atoms with van der Waals surface area (Å²) in [5.74, 6) is 0. The van der Waals surface area contributed by atoms with Crippen LogP contribution in [-0.4, -0.2) is 18.0 Å². The van der Waals surface area contributed by atoms with Crippen molar-refractivity contribution in [1.82, 2.24) is 10.3 Å². The summed E-state index contributed by atoms with van der Waals surface area (Å²) >= 11 is 0. The molecule has 1 unspecified atom stereocenters. The zero-order valence-corrected chi connectivity index (χ0v) is 10.2. The van der Waals surface area contributed by atoms with Crippen molar-refractivity contribution in [2.45, 2.75) is 25.8 Å². The Balaban J connectivity index is 2.43. The van der Waals surface area contributed by atoms with Gasteiger partial charge in [-0.25, -0.2) is 8.78 Å². The lowest BCUT2D eigenvalue weighted by atomic mass is 10.0. The highest BCUT2D eigenvalue weighted by Gasteiger charge is 2.23. The number of halogens is 2. The van der Waals surface area contributed by atoms with Crippen molar-refractivity contribution in [2.75, 3.05) is 6.54 Å². The molecular weight excluding hydrogens is 234 g/mol. The number of hydrogen-bond acceptors (Lipinski definition) is 2. The molecule has 0 aliphatic carbocycles. The number of pyridine rings is 1. The van der Waals surface area contributed by atoms with Crippen LogP contribution in [-0.2, 0) is 0 Å². The van der Waals surface area contributed by atoms with E-state index in [2.05, 4.69) is 10.3 Å². The van der Waals surface area contributed by atoms with Gasteiger partial charge in [-0.15, -0.1) is 0 Å². The molecule has 0 amide bonds. The lowest BCUT2D eigenvalue weighted by molar-refractivity contribution is 0.0991. The van der Waals surface area contributed by atoms with E-state index in [9.17, 15) is 8.78 Å². The lowest BCUT2D eigenvalue weighted by Gasteiger charge is -2.19. The summed E-state index contributed by atoms with van der Waals surface area (Å²) in [7, 11) is 0. The molecule has 1 atom stereocenters. The fourth-order valence-corrected chi connectivity index (χ4v) is 2.04. The van der Waals surface area contributed by atoms with Gasteiger partial charge in [-0.2, -0.15) is 0 Å². The van der Waals surface area contributed by atoms with E-state index in [1.807, 2.05) is 19.1 Å². The van der Waals surface area contributed by atoms with Crippen molar-refractivity contribution >= 4 is 10.8 Å². The molecule has 4 heteroatoms. The molecule has 18 heavy (non-hydrogen) atoms. The van der Waals surface area contributed by atoms with E-state index in [1.165, 1.54) is 0 Å². The van der Waals surface area contributed by atoms with E-state index in [0.29, 0.717) is 12.1 Å². The van der Waals surface area contributed by atoms with Crippen LogP contribution in [0.2, 0.25) is 0 Å². The maximum absolute atomic E-state index is 13.2. The number of nitrogens with one attached hydrogen (secondary N) is 1. The number of benzene rings is 1. The average molecular weight is 250 g/mol. The predicted molar refractivity (Wildman–Crippen MR) is 68.8 cm³/mol. The second-order valence-electron chi connectivity index (χ2n) is 4.21. The molecule has 0 saturated carbocycles. The smallest absolute Gasteiger partial charge is 0.257 e. The summed E-state index contributed by atoms with van der Waals surface area (Å²) in [6.45, 7) is 2.53. The van der Waals surface area contributed by atoms with Crippen molar-refractivity contribution in [3.63, 3.8) is 0 Å². The third kappa shape index (κ3) is 2.64. The molecule has 1 heterocycles. The van der Waals surface area contributed by atoms with Gasteiger partial charge in [0.25, 0.3) is 6.43 Å². The Morgan fingerprint density at radius 2 is 2.11 bits per heavy atom. The quantitative estimate of drug-likeness (QED) is 0.878. The van der Waals surface area contributed by atoms with Gasteiger partial charge < -0.3 is 5.32 Å². The molecule has 2 rings (SSSR count). The molecule has 0 radical (unpaired) electrons. The largest absolute Gasteiger partial charge is 0.305 e. The molecule has 1 aromatic heterocycles. The molecule has 0 bridgehead atoms. The molecule has 2 aromatic rings. The Morgan fingerprint density at radius 3 is 2.83 bits per heavy atom. The van der Waals surface area contributed by atoms with Crippen molar-refractivity contribution in [1.29, 1.82) is 0 Å². The minimum absolute atomic E-state index is 0.575. The molecule has 0 saturated heterocycles. The van der Waals surface area contributed by atoms with Crippen LogP contribution in [0.1, 0.15) is 24.9 Å². The Morgan fingerprint density at radius 1 is 1.28 bits per heavy atom. The van der Waals surface area contributed by atoms with E-state index >= 15 is 0 Å². The Bertz CT molecular complexity index is 509. The molecule has 0 aliphatic rings. The molecule has 2 nitrogen and oxygen atoms in total. The lowest BCUT2D eigenvalue weighted by Crippen LogP contribution is -2.28. The second-order valence-corrected chi connectivity index (χ2v) is 4.21. The molecule has 0 spiro atoms. The molecule has 0 fully saturated rings. The molecule has 96 valence electrons. The average Bonchev–Trinajstić information content (AvgIpc) is 2.39. The highest BCUT2D eigenvalue weighted by atomic mass is 19.3. The summed E-state index contributed by atoms with van der Waals surface area (Å²) in [5.41, 5.74) is 0.615. The zero-order valence-electron chi connectivity index (χ0n) is 10.2. The molecule has 1 aromatic carbocycles. The van der Waals surface area contributed by atoms with Gasteiger partial charge in [-0.05, 0) is 30.0 Å². The van der Waals surface area contributed by atoms with Crippen LogP contribution >= 0.6 is 0 Å². The minimum Gasteiger partial charge on any atom is -0.305 e. The monoisotopic (exact) mass is 250 g/mol. The second kappa shape index (κ2) is 5.87. The number of aromatic nitrogens is 1. The topological polar surface area (TPSA) is 24.9 Å². The van der Waals surface area contributed by atoms with Gasteiger partial charge in [-0.1, -0.05) is 25.1 Å². The van der Waals surface area contributed by atoms with Gasteiger partial charge in [-0.3, -0.25) is 4.98 Å². The first-order chi connectivity index (χ1) is 8.74. The first kappa shape index (κ1) is 12.9. The van der Waals surface area contributed by atoms with Crippen LogP contribution in [0.5, 0.6) is 0 Å². The fraction of sp³-hybridized carbons (Fsp3) is 0.357. The number of alkyl halides is 2. The van der Waals surface area contributed by atoms with Crippen LogP contribution in [0.4, 0.5) is 8.78 Å². The zero-order chi connectivity index (χ0) is 13.0. The van der Waals surface area contributed by atoms with Gasteiger partial charge in [0.1, 0.15) is 0 Å². The number of rotatable bonds is 5. The van der Waals surface area contributed by atoms with Crippen LogP contribution < -0.4 is 5.32 Å². The molecule has 0 aliphatic heterocycles. The van der Waals surface area contributed by atoms with E-state index in [0.717, 1.165) is 17.2 Å². The summed E-state index contributed by atoms with van der Waals surface area (Å²) in [6, 6.07) is 6.35. The van der Waals surface area contributed by atoms with Crippen LogP contribution in [0, 0.1) is 0 Å². The highest BCUT2D eigenvalue weighted by molar-refractivity contribution is 5.85. The normalized spacial score (nSPS) is 13.1. The maximum atomic E-state index is 13.2. The van der Waals surface area contributed by atoms with E-state index < -0.39 is 12.5 Å². The third-order valence-electron chi connectivity index (χ3n) is 2.92. The van der Waals surface area contributed by atoms with E-state index in [-0.39, 0.29) is 0 Å². The number of nitrogens with zero attached hydrogens (tertiary/aromatic N) is 1. The SMILES string of the molecule is CCCNC(c1cccc2ccncc12)C(F)F. The molecule has 1 N–H and O–H groups in total. The highest BCUT2D eigenvalue weighted by Crippen LogP contribution is 2.27. The van der Waals surface area contributed by atoms with Gasteiger partial charge in [0.05, 0.1) is 6.04 Å². The number of fused-ring (bicyclic) bond motifs is 1. The summed E-state index contributed by atoms with van der Waals surface area (Å²) in [5, 5.41) is 4.62. The van der Waals surface area contributed by atoms with Gasteiger partial charge in [0.15, 0.2) is 0 Å². The van der Waals surface area contributed by atoms with Crippen molar-refractivity contribution < 1.29 is 8.78 Å². The van der Waals surface area contributed by atoms with Gasteiger partial charge >= 0.3 is 0 Å². The van der Waals surface area contributed by atoms with E-state index in [4.69, 9.17) is 0 Å². The first-order valence-electron chi connectivity index (χ1n) is 6.08. The first-order valence-corrected chi connectivity index (χ1v) is 6.08. The van der Waals surface area contributed by atoms with Crippen molar-refractivity contribution in [3.8, 4) is 0 Å². The van der Waals surface area contributed by atoms with Gasteiger partial charge in [0.2, 0.25) is 0 Å². The summed E-state index contributed by atoms with van der Waals surface area (Å²) in [6.07, 6.45) is 1.71. The Labute approximate surface area is 105 Å². The van der Waals surface area contributed by atoms with Crippen LogP contribution in [0.25, 0.3) is 10.8 Å². The van der Waals surface area contributed by atoms with E-state index in [1.54, 1.807) is 24.5 Å². The summed E-state index contributed by atoms with van der Waals surface area (Å²) < 4.78 is 26.3.